The number of carbonyl (C=O) groups excluding carboxylic acids is 2. The maximum Gasteiger partial charge on any atom is 0.335 e. The van der Waals surface area contributed by atoms with Crippen LogP contribution < -0.4 is 5.32 Å². The second kappa shape index (κ2) is 13.9. The highest BCUT2D eigenvalue weighted by Gasteiger charge is 2.50. The maximum absolute atomic E-state index is 13.8. The Balaban J connectivity index is 0.000000416. The van der Waals surface area contributed by atoms with Crippen LogP contribution >= 0.6 is 0 Å². The smallest absolute Gasteiger partial charge is 0.335 e. The van der Waals surface area contributed by atoms with Crippen LogP contribution in [0.3, 0.4) is 0 Å². The number of likely N-dealkylation sites (tertiary alicyclic amines) is 2. The van der Waals surface area contributed by atoms with Gasteiger partial charge in [0.15, 0.2) is 12.2 Å². The van der Waals surface area contributed by atoms with Crippen molar-refractivity contribution in [2.24, 2.45) is 11.8 Å². The molecular weight excluding hydrogens is 553 g/mol. The van der Waals surface area contributed by atoms with E-state index in [1.165, 1.54) is 10.5 Å². The first-order valence-electron chi connectivity index (χ1n) is 13.6. The summed E-state index contributed by atoms with van der Waals surface area (Å²) in [5.74, 6) is -2.96. The van der Waals surface area contributed by atoms with Gasteiger partial charge in [-0.1, -0.05) is 30.3 Å². The van der Waals surface area contributed by atoms with E-state index in [0.717, 1.165) is 32.4 Å². The number of halogens is 1. The molecule has 14 heteroatoms. The Morgan fingerprint density at radius 3 is 2.07 bits per heavy atom. The minimum absolute atomic E-state index is 0.00605. The molecule has 0 spiro atoms. The lowest BCUT2D eigenvalue weighted by Crippen LogP contribution is -2.51. The minimum atomic E-state index is -2.27. The highest BCUT2D eigenvalue weighted by molar-refractivity contribution is 5.83. The van der Waals surface area contributed by atoms with Crippen molar-refractivity contribution < 1.29 is 44.0 Å². The number of rotatable bonds is 8. The average molecular weight is 592 g/mol. The Kier molecular flexibility index (Phi) is 10.8. The van der Waals surface area contributed by atoms with E-state index in [1.807, 2.05) is 23.1 Å². The second-order valence-corrected chi connectivity index (χ2v) is 11.4. The molecule has 5 N–H and O–H groups in total. The van der Waals surface area contributed by atoms with Gasteiger partial charge in [0.1, 0.15) is 6.17 Å². The number of fused-ring (bicyclic) bond motifs is 1. The molecule has 13 nitrogen and oxygen atoms in total. The first-order chi connectivity index (χ1) is 19.8. The summed E-state index contributed by atoms with van der Waals surface area (Å²) in [6.45, 7) is 8.86. The Morgan fingerprint density at radius 2 is 1.60 bits per heavy atom. The fourth-order valence-corrected chi connectivity index (χ4v) is 6.06. The molecule has 42 heavy (non-hydrogen) atoms. The van der Waals surface area contributed by atoms with Gasteiger partial charge in [0.25, 0.3) is 0 Å². The Morgan fingerprint density at radius 1 is 1.05 bits per heavy atom. The van der Waals surface area contributed by atoms with E-state index < -0.39 is 36.5 Å². The Bertz CT molecular complexity index is 1150. The van der Waals surface area contributed by atoms with Crippen LogP contribution in [0.15, 0.2) is 30.3 Å². The van der Waals surface area contributed by atoms with Gasteiger partial charge in [-0.3, -0.25) is 14.5 Å². The SMILES string of the molecule is O=C(O)C(O)C(O)C(=O)O.[C-]#[N+][C@@H]1C[C@H](F)CN1C(=O)CNC1(Cc2ccccc2)C[C@H]2CN(C(=O)N(C)C)C[C@H]2C1. The van der Waals surface area contributed by atoms with Gasteiger partial charge in [-0.15, -0.1) is 0 Å². The molecule has 7 atom stereocenters. The highest BCUT2D eigenvalue weighted by Crippen LogP contribution is 2.45. The molecule has 0 radical (unpaired) electrons. The zero-order valence-electron chi connectivity index (χ0n) is 23.6. The van der Waals surface area contributed by atoms with Crippen LogP contribution in [0.2, 0.25) is 0 Å². The molecule has 0 bridgehead atoms. The number of carboxylic acids is 2. The molecule has 4 rings (SSSR count). The number of amides is 3. The lowest BCUT2D eigenvalue weighted by molar-refractivity contribution is -0.165. The van der Waals surface area contributed by atoms with Crippen LogP contribution in [-0.2, 0) is 20.8 Å². The van der Waals surface area contributed by atoms with E-state index in [2.05, 4.69) is 22.3 Å². The van der Waals surface area contributed by atoms with Gasteiger partial charge >= 0.3 is 24.1 Å². The quantitative estimate of drug-likeness (QED) is 0.266. The van der Waals surface area contributed by atoms with Crippen LogP contribution in [0, 0.1) is 18.4 Å². The predicted molar refractivity (Wildman–Crippen MR) is 147 cm³/mol. The Labute approximate surface area is 243 Å². The summed E-state index contributed by atoms with van der Waals surface area (Å²) in [5.41, 5.74) is 0.958. The molecule has 2 aliphatic heterocycles. The van der Waals surface area contributed by atoms with Gasteiger partial charge in [-0.2, -0.15) is 0 Å². The summed E-state index contributed by atoms with van der Waals surface area (Å²) < 4.78 is 13.8. The predicted octanol–water partition coefficient (Wildman–Crippen LogP) is 0.274. The van der Waals surface area contributed by atoms with Crippen LogP contribution in [0.25, 0.3) is 4.85 Å². The zero-order valence-corrected chi connectivity index (χ0v) is 23.6. The number of benzene rings is 1. The number of aliphatic hydroxyl groups is 2. The summed E-state index contributed by atoms with van der Waals surface area (Å²) >= 11 is 0. The van der Waals surface area contributed by atoms with Crippen LogP contribution in [0.4, 0.5) is 9.18 Å². The number of nitrogens with one attached hydrogen (secondary N) is 1. The van der Waals surface area contributed by atoms with Crippen LogP contribution in [-0.4, -0.2) is 129 Å². The van der Waals surface area contributed by atoms with E-state index in [0.29, 0.717) is 11.8 Å². The molecule has 2 heterocycles. The molecule has 0 aromatic heterocycles. The van der Waals surface area contributed by atoms with Crippen molar-refractivity contribution in [1.82, 2.24) is 20.0 Å². The van der Waals surface area contributed by atoms with Crippen LogP contribution in [0.5, 0.6) is 0 Å². The molecule has 3 aliphatic rings. The normalized spacial score (nSPS) is 27.7. The molecule has 2 saturated heterocycles. The van der Waals surface area contributed by atoms with Crippen LogP contribution in [0.1, 0.15) is 24.8 Å². The van der Waals surface area contributed by atoms with Crippen molar-refractivity contribution in [2.45, 2.75) is 55.8 Å². The largest absolute Gasteiger partial charge is 0.479 e. The number of nitrogens with zero attached hydrogens (tertiary/aromatic N) is 4. The second-order valence-electron chi connectivity index (χ2n) is 11.4. The molecule has 1 aromatic carbocycles. The first kappa shape index (κ1) is 32.7. The number of carboxylic acid groups (broad SMARTS) is 2. The summed E-state index contributed by atoms with van der Waals surface area (Å²) in [6, 6.07) is 10.3. The number of aliphatic carboxylic acids is 2. The number of carbonyl (C=O) groups is 4. The van der Waals surface area contributed by atoms with E-state index >= 15 is 0 Å². The topological polar surface area (TPSA) is 175 Å². The molecule has 1 aliphatic carbocycles. The van der Waals surface area contributed by atoms with Crippen molar-refractivity contribution >= 4 is 23.9 Å². The third-order valence-electron chi connectivity index (χ3n) is 8.03. The lowest BCUT2D eigenvalue weighted by Gasteiger charge is -2.34. The van der Waals surface area contributed by atoms with Gasteiger partial charge in [-0.25, -0.2) is 25.3 Å². The number of urea groups is 1. The van der Waals surface area contributed by atoms with Crippen molar-refractivity contribution in [3.8, 4) is 0 Å². The van der Waals surface area contributed by atoms with Gasteiger partial charge in [0.05, 0.1) is 19.5 Å². The van der Waals surface area contributed by atoms with E-state index in [1.54, 1.807) is 19.0 Å². The minimum Gasteiger partial charge on any atom is -0.479 e. The number of hydrogen-bond acceptors (Lipinski definition) is 7. The van der Waals surface area contributed by atoms with E-state index in [-0.39, 0.29) is 37.0 Å². The summed E-state index contributed by atoms with van der Waals surface area (Å²) in [7, 11) is 3.56. The van der Waals surface area contributed by atoms with Crippen molar-refractivity contribution in [3.05, 3.63) is 47.3 Å². The number of hydrogen-bond donors (Lipinski definition) is 5. The summed E-state index contributed by atoms with van der Waals surface area (Å²) in [6.07, 6.45) is -3.68. The standard InChI is InChI=1S/C24H32FN5O2.C4H6O6/c1-26-21-9-20(25)16-30(21)22(31)13-27-24(10-17-7-5-4-6-8-17)11-18-14-29(15-19(18)12-24)23(32)28(2)3;5-1(3(7)8)2(6)4(9)10/h4-8,18-21,27H,9-16H2,2-3H3;1-2,5-6H,(H,7,8)(H,9,10)/t18-,19+,20-,21-,24?;/m0./s1. The summed E-state index contributed by atoms with van der Waals surface area (Å²) in [4.78, 5) is 53.2. The third kappa shape index (κ3) is 7.93. The summed E-state index contributed by atoms with van der Waals surface area (Å²) in [5, 5.41) is 36.1. The van der Waals surface area contributed by atoms with Gasteiger partial charge in [-0.05, 0) is 36.7 Å². The number of aliphatic hydroxyl groups excluding tert-OH is 2. The molecule has 1 aromatic rings. The monoisotopic (exact) mass is 591 g/mol. The number of alkyl halides is 1. The van der Waals surface area contributed by atoms with Crippen molar-refractivity contribution in [2.75, 3.05) is 40.3 Å². The first-order valence-corrected chi connectivity index (χ1v) is 13.6. The van der Waals surface area contributed by atoms with Crippen molar-refractivity contribution in [3.63, 3.8) is 0 Å². The lowest BCUT2D eigenvalue weighted by atomic mass is 9.87. The molecule has 230 valence electrons. The fourth-order valence-electron chi connectivity index (χ4n) is 6.06. The zero-order chi connectivity index (χ0) is 31.2. The molecule has 1 saturated carbocycles. The fraction of sp³-hybridized carbons (Fsp3) is 0.607. The molecule has 3 amide bonds. The van der Waals surface area contributed by atoms with E-state index in [9.17, 15) is 23.6 Å². The third-order valence-corrected chi connectivity index (χ3v) is 8.03. The molecule has 3 fully saturated rings. The average Bonchev–Trinajstić information content (AvgIpc) is 3.62. The van der Waals surface area contributed by atoms with Gasteiger partial charge in [0, 0.05) is 32.7 Å². The maximum atomic E-state index is 13.8. The van der Waals surface area contributed by atoms with E-state index in [4.69, 9.17) is 27.0 Å². The van der Waals surface area contributed by atoms with Crippen molar-refractivity contribution in [1.29, 1.82) is 0 Å². The van der Waals surface area contributed by atoms with Gasteiger partial charge in [0.2, 0.25) is 5.91 Å². The Hall–Kier alpha value is -3.80. The highest BCUT2D eigenvalue weighted by atomic mass is 19.1. The molecule has 3 unspecified atom stereocenters. The van der Waals surface area contributed by atoms with Gasteiger partial charge < -0.3 is 35.5 Å². The molecular formula is C28H38FN5O8.